The molecule has 1 unspecified atom stereocenters. The standard InChI is InChI=1S/C16H17F3N4O/c1-2-3-15(4-5-15)13-10-22(6-7-23(13)11-24)14-20-8-12(9-21-14)16(17,18)19/h1,8-9,11,13H,3-7,10H2. The maximum absolute atomic E-state index is 12.6. The fourth-order valence-corrected chi connectivity index (χ4v) is 3.27. The molecule has 1 aromatic heterocycles. The highest BCUT2D eigenvalue weighted by atomic mass is 19.4. The van der Waals surface area contributed by atoms with Crippen LogP contribution in [0.5, 0.6) is 0 Å². The molecule has 1 aliphatic carbocycles. The van der Waals surface area contributed by atoms with E-state index in [4.69, 9.17) is 6.42 Å². The van der Waals surface area contributed by atoms with Gasteiger partial charge in [-0.1, -0.05) is 0 Å². The Bertz CT molecular complexity index is 649. The number of nitrogens with zero attached hydrogens (tertiary/aromatic N) is 4. The summed E-state index contributed by atoms with van der Waals surface area (Å²) in [6.07, 6.45) is 5.89. The van der Waals surface area contributed by atoms with Crippen molar-refractivity contribution in [1.29, 1.82) is 0 Å². The minimum absolute atomic E-state index is 0.0642. The fourth-order valence-electron chi connectivity index (χ4n) is 3.27. The predicted molar refractivity (Wildman–Crippen MR) is 80.9 cm³/mol. The zero-order chi connectivity index (χ0) is 17.4. The molecular formula is C16H17F3N4O. The van der Waals surface area contributed by atoms with Crippen LogP contribution in [0.15, 0.2) is 12.4 Å². The number of aromatic nitrogens is 2. The number of hydrogen-bond acceptors (Lipinski definition) is 4. The van der Waals surface area contributed by atoms with Gasteiger partial charge < -0.3 is 9.80 Å². The van der Waals surface area contributed by atoms with Crippen LogP contribution in [0.25, 0.3) is 0 Å². The van der Waals surface area contributed by atoms with Gasteiger partial charge in [-0.2, -0.15) is 13.2 Å². The highest BCUT2D eigenvalue weighted by Crippen LogP contribution is 2.53. The Kier molecular flexibility index (Phi) is 4.11. The molecule has 0 radical (unpaired) electrons. The number of terminal acetylenes is 1. The second-order valence-electron chi connectivity index (χ2n) is 6.32. The summed E-state index contributed by atoms with van der Waals surface area (Å²) in [5.41, 5.74) is -0.958. The molecule has 1 amide bonds. The fraction of sp³-hybridized carbons (Fsp3) is 0.562. The molecule has 2 aliphatic rings. The first kappa shape index (κ1) is 16.6. The lowest BCUT2D eigenvalue weighted by atomic mass is 9.90. The Morgan fingerprint density at radius 2 is 2.00 bits per heavy atom. The molecule has 1 saturated heterocycles. The lowest BCUT2D eigenvalue weighted by Gasteiger charge is -2.43. The maximum atomic E-state index is 12.6. The summed E-state index contributed by atoms with van der Waals surface area (Å²) in [6, 6.07) is -0.0642. The van der Waals surface area contributed by atoms with Crippen LogP contribution in [0.2, 0.25) is 0 Å². The van der Waals surface area contributed by atoms with Crippen molar-refractivity contribution in [2.45, 2.75) is 31.5 Å². The molecule has 0 N–H and O–H groups in total. The van der Waals surface area contributed by atoms with Gasteiger partial charge in [0.25, 0.3) is 0 Å². The van der Waals surface area contributed by atoms with Gasteiger partial charge in [0, 0.05) is 43.9 Å². The van der Waals surface area contributed by atoms with E-state index >= 15 is 0 Å². The molecule has 2 fully saturated rings. The van der Waals surface area contributed by atoms with Crippen molar-refractivity contribution in [3.8, 4) is 12.3 Å². The van der Waals surface area contributed by atoms with Crippen molar-refractivity contribution in [2.75, 3.05) is 24.5 Å². The van der Waals surface area contributed by atoms with Crippen LogP contribution in [0.1, 0.15) is 24.8 Å². The molecule has 24 heavy (non-hydrogen) atoms. The number of halogens is 3. The molecule has 0 spiro atoms. The highest BCUT2D eigenvalue weighted by molar-refractivity contribution is 5.50. The van der Waals surface area contributed by atoms with Crippen molar-refractivity contribution in [3.63, 3.8) is 0 Å². The van der Waals surface area contributed by atoms with Crippen LogP contribution < -0.4 is 4.90 Å². The molecule has 1 saturated carbocycles. The van der Waals surface area contributed by atoms with E-state index < -0.39 is 11.7 Å². The smallest absolute Gasteiger partial charge is 0.338 e. The number of carbonyl (C=O) groups is 1. The lowest BCUT2D eigenvalue weighted by molar-refractivity contribution is -0.138. The minimum atomic E-state index is -4.46. The van der Waals surface area contributed by atoms with Crippen LogP contribution in [0.3, 0.4) is 0 Å². The molecule has 2 heterocycles. The highest BCUT2D eigenvalue weighted by Gasteiger charge is 2.52. The van der Waals surface area contributed by atoms with E-state index in [1.54, 1.807) is 4.90 Å². The van der Waals surface area contributed by atoms with Crippen molar-refractivity contribution < 1.29 is 18.0 Å². The Hall–Kier alpha value is -2.30. The molecule has 5 nitrogen and oxygen atoms in total. The third kappa shape index (κ3) is 3.03. The summed E-state index contributed by atoms with van der Waals surface area (Å²) in [4.78, 5) is 22.6. The number of carbonyl (C=O) groups excluding carboxylic acids is 1. The molecule has 0 aromatic carbocycles. The van der Waals surface area contributed by atoms with Crippen molar-refractivity contribution in [2.24, 2.45) is 5.41 Å². The van der Waals surface area contributed by atoms with Crippen molar-refractivity contribution >= 4 is 12.4 Å². The zero-order valence-corrected chi connectivity index (χ0v) is 13.0. The molecule has 1 aliphatic heterocycles. The van der Waals surface area contributed by atoms with Gasteiger partial charge in [-0.05, 0) is 12.8 Å². The van der Waals surface area contributed by atoms with Crippen molar-refractivity contribution in [3.05, 3.63) is 18.0 Å². The molecule has 1 aromatic rings. The van der Waals surface area contributed by atoms with Crippen molar-refractivity contribution in [1.82, 2.24) is 14.9 Å². The SMILES string of the molecule is C#CCC1(C2CN(c3ncc(C(F)(F)F)cn3)CCN2C=O)CC1. The van der Waals surface area contributed by atoms with E-state index in [0.717, 1.165) is 31.6 Å². The van der Waals surface area contributed by atoms with E-state index in [1.807, 2.05) is 4.90 Å². The van der Waals surface area contributed by atoms with Crippen LogP contribution in [-0.2, 0) is 11.0 Å². The zero-order valence-electron chi connectivity index (χ0n) is 13.0. The summed E-state index contributed by atoms with van der Waals surface area (Å²) in [5, 5.41) is 0. The third-order valence-corrected chi connectivity index (χ3v) is 4.86. The molecular weight excluding hydrogens is 321 g/mol. The molecule has 0 bridgehead atoms. The largest absolute Gasteiger partial charge is 0.419 e. The van der Waals surface area contributed by atoms with E-state index in [9.17, 15) is 18.0 Å². The maximum Gasteiger partial charge on any atom is 0.419 e. The molecule has 128 valence electrons. The summed E-state index contributed by atoms with van der Waals surface area (Å²) in [5.74, 6) is 2.92. The van der Waals surface area contributed by atoms with E-state index in [2.05, 4.69) is 15.9 Å². The minimum Gasteiger partial charge on any atom is -0.338 e. The average Bonchev–Trinajstić information content (AvgIpc) is 3.35. The normalized spacial score (nSPS) is 22.8. The van der Waals surface area contributed by atoms with Crippen LogP contribution in [-0.4, -0.2) is 47.0 Å². The van der Waals surface area contributed by atoms with Gasteiger partial charge in [0.05, 0.1) is 11.6 Å². The summed E-state index contributed by atoms with van der Waals surface area (Å²) in [6.45, 7) is 1.43. The quantitative estimate of drug-likeness (QED) is 0.622. The van der Waals surface area contributed by atoms with Gasteiger partial charge in [-0.25, -0.2) is 9.97 Å². The number of anilines is 1. The molecule has 3 rings (SSSR count). The lowest BCUT2D eigenvalue weighted by Crippen LogP contribution is -2.56. The van der Waals surface area contributed by atoms with Gasteiger partial charge in [0.15, 0.2) is 0 Å². The summed E-state index contributed by atoms with van der Waals surface area (Å²) < 4.78 is 37.8. The number of amides is 1. The van der Waals surface area contributed by atoms with E-state index in [0.29, 0.717) is 26.1 Å². The van der Waals surface area contributed by atoms with Gasteiger partial charge in [-0.3, -0.25) is 4.79 Å². The van der Waals surface area contributed by atoms with Gasteiger partial charge in [0.2, 0.25) is 12.4 Å². The first-order valence-electron chi connectivity index (χ1n) is 7.68. The summed E-state index contributed by atoms with van der Waals surface area (Å²) in [7, 11) is 0. The van der Waals surface area contributed by atoms with Gasteiger partial charge in [0.1, 0.15) is 0 Å². The van der Waals surface area contributed by atoms with Gasteiger partial charge >= 0.3 is 6.18 Å². The number of rotatable bonds is 4. The average molecular weight is 338 g/mol. The van der Waals surface area contributed by atoms with E-state index in [-0.39, 0.29) is 17.4 Å². The first-order valence-corrected chi connectivity index (χ1v) is 7.68. The summed E-state index contributed by atoms with van der Waals surface area (Å²) >= 11 is 0. The van der Waals surface area contributed by atoms with Crippen LogP contribution in [0.4, 0.5) is 19.1 Å². The second-order valence-corrected chi connectivity index (χ2v) is 6.32. The number of alkyl halides is 3. The Morgan fingerprint density at radius 1 is 1.33 bits per heavy atom. The topological polar surface area (TPSA) is 49.3 Å². The van der Waals surface area contributed by atoms with Crippen LogP contribution >= 0.6 is 0 Å². The Morgan fingerprint density at radius 3 is 2.50 bits per heavy atom. The molecule has 1 atom stereocenters. The second kappa shape index (κ2) is 5.96. The van der Waals surface area contributed by atoms with E-state index in [1.165, 1.54) is 0 Å². The van der Waals surface area contributed by atoms with Crippen LogP contribution in [0, 0.1) is 17.8 Å². The number of hydrogen-bond donors (Lipinski definition) is 0. The Balaban J connectivity index is 1.78. The predicted octanol–water partition coefficient (Wildman–Crippen LogP) is 1.95. The Labute approximate surface area is 137 Å². The van der Waals surface area contributed by atoms with Gasteiger partial charge in [-0.15, -0.1) is 12.3 Å². The number of piperazine rings is 1. The first-order chi connectivity index (χ1) is 11.4. The third-order valence-electron chi connectivity index (χ3n) is 4.86. The monoisotopic (exact) mass is 338 g/mol. The molecule has 8 heteroatoms.